The number of ether oxygens (including phenoxy) is 2. The van der Waals surface area contributed by atoms with Crippen LogP contribution in [0.15, 0.2) is 42.7 Å². The lowest BCUT2D eigenvalue weighted by atomic mass is 9.95. The molecule has 2 atom stereocenters. The maximum absolute atomic E-state index is 12.9. The van der Waals surface area contributed by atoms with E-state index in [1.807, 2.05) is 18.2 Å². The Hall–Kier alpha value is -3.70. The highest BCUT2D eigenvalue weighted by Crippen LogP contribution is 2.40. The number of esters is 1. The van der Waals surface area contributed by atoms with Crippen molar-refractivity contribution in [3.63, 3.8) is 0 Å². The predicted molar refractivity (Wildman–Crippen MR) is 131 cm³/mol. The van der Waals surface area contributed by atoms with Gasteiger partial charge in [-0.1, -0.05) is 6.07 Å². The van der Waals surface area contributed by atoms with Crippen molar-refractivity contribution in [2.45, 2.75) is 38.3 Å². The molecule has 3 rings (SSSR count). The maximum atomic E-state index is 12.9. The van der Waals surface area contributed by atoms with Gasteiger partial charge in [0.2, 0.25) is 5.91 Å². The van der Waals surface area contributed by atoms with Gasteiger partial charge in [-0.3, -0.25) is 14.3 Å². The first-order valence-corrected chi connectivity index (χ1v) is 13.4. The van der Waals surface area contributed by atoms with Crippen molar-refractivity contribution in [1.29, 1.82) is 5.26 Å². The van der Waals surface area contributed by atoms with Crippen LogP contribution >= 0.6 is 7.82 Å². The number of halogens is 3. The number of hydrogen-bond donors (Lipinski definition) is 3. The zero-order valence-electron chi connectivity index (χ0n) is 21.1. The molecule has 2 aromatic rings. The number of amides is 1. The van der Waals surface area contributed by atoms with Crippen LogP contribution in [0.2, 0.25) is 0 Å². The van der Waals surface area contributed by atoms with Gasteiger partial charge in [0, 0.05) is 42.7 Å². The number of anilines is 1. The Kier molecular flexibility index (Phi) is 10.1. The number of phosphoric ester groups is 1. The smallest absolute Gasteiger partial charge is 0.470 e. The first-order chi connectivity index (χ1) is 18.8. The Labute approximate surface area is 226 Å². The Morgan fingerprint density at radius 3 is 2.45 bits per heavy atom. The summed E-state index contributed by atoms with van der Waals surface area (Å²) < 4.78 is 64.2. The lowest BCUT2D eigenvalue weighted by Gasteiger charge is -2.33. The van der Waals surface area contributed by atoms with Crippen LogP contribution in [0.4, 0.5) is 18.9 Å². The molecule has 2 heterocycles. The van der Waals surface area contributed by atoms with Gasteiger partial charge in [-0.15, -0.1) is 0 Å². The number of benzene rings is 1. The van der Waals surface area contributed by atoms with Crippen LogP contribution in [-0.4, -0.2) is 58.7 Å². The van der Waals surface area contributed by atoms with E-state index < -0.39 is 38.9 Å². The molecular formula is C24H26F3N4O8P. The number of alkyl halides is 3. The molecule has 0 radical (unpaired) electrons. The average Bonchev–Trinajstić information content (AvgIpc) is 2.90. The largest absolute Gasteiger partial charge is 0.490 e. The number of piperidine rings is 1. The number of nitriles is 1. The van der Waals surface area contributed by atoms with Gasteiger partial charge < -0.3 is 29.5 Å². The predicted octanol–water partition coefficient (Wildman–Crippen LogP) is 2.97. The highest BCUT2D eigenvalue weighted by atomic mass is 31.2. The van der Waals surface area contributed by atoms with Crippen molar-refractivity contribution in [3.05, 3.63) is 53.9 Å². The summed E-state index contributed by atoms with van der Waals surface area (Å²) in [7, 11) is -5.17. The molecule has 1 amide bonds. The average molecular weight is 586 g/mol. The first-order valence-electron chi connectivity index (χ1n) is 11.9. The van der Waals surface area contributed by atoms with E-state index in [2.05, 4.69) is 24.5 Å². The van der Waals surface area contributed by atoms with E-state index in [0.29, 0.717) is 25.9 Å². The monoisotopic (exact) mass is 586 g/mol. The van der Waals surface area contributed by atoms with Crippen LogP contribution < -0.4 is 15.0 Å². The Morgan fingerprint density at radius 2 is 1.88 bits per heavy atom. The fraction of sp³-hybridized carbons (Fsp3) is 0.417. The van der Waals surface area contributed by atoms with Gasteiger partial charge in [-0.2, -0.15) is 18.4 Å². The summed E-state index contributed by atoms with van der Waals surface area (Å²) in [6, 6.07) is 8.94. The topological polar surface area (TPSA) is 171 Å². The molecular weight excluding hydrogens is 560 g/mol. The molecule has 0 spiro atoms. The van der Waals surface area contributed by atoms with Crippen LogP contribution in [0.25, 0.3) is 0 Å². The molecule has 1 aromatic carbocycles. The van der Waals surface area contributed by atoms with E-state index >= 15 is 0 Å². The summed E-state index contributed by atoms with van der Waals surface area (Å²) in [5.74, 6) is -3.58. The molecule has 0 saturated carbocycles. The number of pyridine rings is 1. The summed E-state index contributed by atoms with van der Waals surface area (Å²) in [5, 5.41) is 11.9. The zero-order chi connectivity index (χ0) is 29.5. The molecule has 1 aliphatic heterocycles. The Morgan fingerprint density at radius 1 is 1.23 bits per heavy atom. The minimum atomic E-state index is -5.41. The van der Waals surface area contributed by atoms with Gasteiger partial charge >= 0.3 is 20.0 Å². The zero-order valence-corrected chi connectivity index (χ0v) is 22.0. The van der Waals surface area contributed by atoms with E-state index in [1.54, 1.807) is 12.4 Å². The van der Waals surface area contributed by atoms with Crippen molar-refractivity contribution < 1.29 is 51.1 Å². The Balaban J connectivity index is 1.73. The molecule has 16 heteroatoms. The summed E-state index contributed by atoms with van der Waals surface area (Å²) >= 11 is 0. The first kappa shape index (κ1) is 30.8. The third kappa shape index (κ3) is 8.92. The normalized spacial score (nSPS) is 16.0. The fourth-order valence-corrected chi connectivity index (χ4v) is 4.34. The van der Waals surface area contributed by atoms with Crippen molar-refractivity contribution in [2.75, 3.05) is 24.6 Å². The molecule has 1 fully saturated rings. The summed E-state index contributed by atoms with van der Waals surface area (Å²) in [6.45, 7) is 1.52. The standard InChI is InChI=1S/C24H26F3N4O8P/c1-15(30-22(32)17-6-10-31(11-7-17)18-4-8-29-9-5-18)38-20-12-16(13-28)2-3-19(20)21(14-37-40(34,35)36)39-23(33)24(25,26)27/h2-5,8-9,12,15,17,21H,6-7,10-11,14H2,1H3,(H,30,32)(H2,34,35,36). The summed E-state index contributed by atoms with van der Waals surface area (Å²) in [5.41, 5.74) is 0.716. The molecule has 216 valence electrons. The SMILES string of the molecule is CC(NC(=O)C1CCN(c2ccncc2)CC1)Oc1cc(C#N)ccc1C(COP(=O)(O)O)OC(=O)C(F)(F)F. The molecule has 40 heavy (non-hydrogen) atoms. The lowest BCUT2D eigenvalue weighted by molar-refractivity contribution is -0.206. The number of aromatic nitrogens is 1. The van der Waals surface area contributed by atoms with Crippen LogP contribution in [0.5, 0.6) is 5.75 Å². The molecule has 12 nitrogen and oxygen atoms in total. The molecule has 2 unspecified atom stereocenters. The number of nitrogens with one attached hydrogen (secondary N) is 1. The Bertz CT molecular complexity index is 1280. The van der Waals surface area contributed by atoms with Crippen LogP contribution in [-0.2, 0) is 23.4 Å². The van der Waals surface area contributed by atoms with Crippen LogP contribution in [0.3, 0.4) is 0 Å². The highest BCUT2D eigenvalue weighted by molar-refractivity contribution is 7.46. The van der Waals surface area contributed by atoms with Gasteiger partial charge in [0.1, 0.15) is 12.4 Å². The maximum Gasteiger partial charge on any atom is 0.490 e. The van der Waals surface area contributed by atoms with Gasteiger partial charge in [0.15, 0.2) is 12.3 Å². The quantitative estimate of drug-likeness (QED) is 0.212. The van der Waals surface area contributed by atoms with E-state index in [1.165, 1.54) is 13.0 Å². The van der Waals surface area contributed by atoms with Gasteiger partial charge in [-0.25, -0.2) is 9.36 Å². The molecule has 0 aliphatic carbocycles. The minimum absolute atomic E-state index is 0.0116. The van der Waals surface area contributed by atoms with Crippen LogP contribution in [0, 0.1) is 17.2 Å². The van der Waals surface area contributed by atoms with Crippen molar-refractivity contribution in [1.82, 2.24) is 10.3 Å². The second-order valence-electron chi connectivity index (χ2n) is 8.78. The summed E-state index contributed by atoms with van der Waals surface area (Å²) in [6.07, 6.45) is -4.01. The van der Waals surface area contributed by atoms with Gasteiger partial charge in [-0.05, 0) is 44.0 Å². The third-order valence-electron chi connectivity index (χ3n) is 5.91. The molecule has 1 aromatic heterocycles. The molecule has 0 bridgehead atoms. The number of phosphoric acid groups is 1. The summed E-state index contributed by atoms with van der Waals surface area (Å²) in [4.78, 5) is 48.5. The number of nitrogens with zero attached hydrogens (tertiary/aromatic N) is 3. The van der Waals surface area contributed by atoms with E-state index in [9.17, 15) is 32.6 Å². The van der Waals surface area contributed by atoms with Crippen molar-refractivity contribution in [3.8, 4) is 11.8 Å². The second kappa shape index (κ2) is 13.1. The number of hydrogen-bond acceptors (Lipinski definition) is 9. The van der Waals surface area contributed by atoms with E-state index in [4.69, 9.17) is 14.5 Å². The van der Waals surface area contributed by atoms with Gasteiger partial charge in [0.25, 0.3) is 0 Å². The van der Waals surface area contributed by atoms with Gasteiger partial charge in [0.05, 0.1) is 11.6 Å². The van der Waals surface area contributed by atoms with Crippen molar-refractivity contribution >= 4 is 25.4 Å². The number of rotatable bonds is 10. The van der Waals surface area contributed by atoms with E-state index in [0.717, 1.165) is 17.8 Å². The molecule has 1 saturated heterocycles. The minimum Gasteiger partial charge on any atom is -0.470 e. The van der Waals surface area contributed by atoms with E-state index in [-0.39, 0.29) is 28.7 Å². The lowest BCUT2D eigenvalue weighted by Crippen LogP contribution is -2.44. The second-order valence-corrected chi connectivity index (χ2v) is 10.0. The highest BCUT2D eigenvalue weighted by Gasteiger charge is 2.43. The number of carbonyl (C=O) groups excluding carboxylic acids is 2. The molecule has 1 aliphatic rings. The fourth-order valence-electron chi connectivity index (χ4n) is 4.01. The third-order valence-corrected chi connectivity index (χ3v) is 6.39. The van der Waals surface area contributed by atoms with Crippen molar-refractivity contribution in [2.24, 2.45) is 5.92 Å². The molecule has 3 N–H and O–H groups in total. The number of carbonyl (C=O) groups is 2. The van der Waals surface area contributed by atoms with Crippen LogP contribution in [0.1, 0.15) is 37.0 Å².